The summed E-state index contributed by atoms with van der Waals surface area (Å²) in [5.74, 6) is -0.565. The van der Waals surface area contributed by atoms with E-state index in [4.69, 9.17) is 0 Å². The third-order valence-corrected chi connectivity index (χ3v) is 5.38. The SMILES string of the molecule is CCCCN1C(=O)c2ccc(C(=O)N3C(C)CCCC3C)cc2C1=O. The van der Waals surface area contributed by atoms with Crippen LogP contribution >= 0.6 is 0 Å². The van der Waals surface area contributed by atoms with Crippen molar-refractivity contribution in [2.24, 2.45) is 0 Å². The molecule has 1 fully saturated rings. The monoisotopic (exact) mass is 342 g/mol. The second kappa shape index (κ2) is 6.98. The number of carbonyl (C=O) groups is 3. The molecule has 2 aliphatic heterocycles. The van der Waals surface area contributed by atoms with E-state index in [9.17, 15) is 14.4 Å². The molecular weight excluding hydrogens is 316 g/mol. The van der Waals surface area contributed by atoms with E-state index in [0.717, 1.165) is 32.1 Å². The van der Waals surface area contributed by atoms with Gasteiger partial charge in [-0.25, -0.2) is 0 Å². The second-order valence-electron chi connectivity index (χ2n) is 7.22. The molecule has 0 radical (unpaired) electrons. The van der Waals surface area contributed by atoms with E-state index in [1.807, 2.05) is 11.8 Å². The first kappa shape index (κ1) is 17.6. The number of imide groups is 1. The highest BCUT2D eigenvalue weighted by atomic mass is 16.2. The van der Waals surface area contributed by atoms with Gasteiger partial charge in [0.05, 0.1) is 11.1 Å². The molecule has 1 aromatic carbocycles. The molecule has 25 heavy (non-hydrogen) atoms. The van der Waals surface area contributed by atoms with Crippen molar-refractivity contribution in [3.05, 3.63) is 34.9 Å². The van der Waals surface area contributed by atoms with Gasteiger partial charge in [-0.3, -0.25) is 19.3 Å². The molecule has 2 aliphatic rings. The molecule has 5 heteroatoms. The van der Waals surface area contributed by atoms with Crippen LogP contribution in [0.3, 0.4) is 0 Å². The number of unbranched alkanes of at least 4 members (excludes halogenated alkanes) is 1. The van der Waals surface area contributed by atoms with Gasteiger partial charge < -0.3 is 4.90 Å². The van der Waals surface area contributed by atoms with E-state index in [0.29, 0.717) is 23.2 Å². The lowest BCUT2D eigenvalue weighted by Crippen LogP contribution is -2.47. The summed E-state index contributed by atoms with van der Waals surface area (Å²) in [6.45, 7) is 6.60. The number of fused-ring (bicyclic) bond motifs is 1. The summed E-state index contributed by atoms with van der Waals surface area (Å²) in [4.78, 5) is 41.2. The largest absolute Gasteiger partial charge is 0.333 e. The number of amides is 3. The van der Waals surface area contributed by atoms with Crippen molar-refractivity contribution in [1.29, 1.82) is 0 Å². The van der Waals surface area contributed by atoms with Crippen LogP contribution in [0.4, 0.5) is 0 Å². The van der Waals surface area contributed by atoms with Gasteiger partial charge in [-0.15, -0.1) is 0 Å². The summed E-state index contributed by atoms with van der Waals surface area (Å²) in [6.07, 6.45) is 4.85. The Bertz CT molecular complexity index is 703. The Labute approximate surface area is 149 Å². The van der Waals surface area contributed by atoms with Crippen molar-refractivity contribution in [1.82, 2.24) is 9.80 Å². The van der Waals surface area contributed by atoms with Gasteiger partial charge in [0.25, 0.3) is 17.7 Å². The maximum Gasteiger partial charge on any atom is 0.261 e. The number of rotatable bonds is 4. The van der Waals surface area contributed by atoms with Crippen molar-refractivity contribution >= 4 is 17.7 Å². The maximum absolute atomic E-state index is 13.0. The molecule has 0 aliphatic carbocycles. The summed E-state index contributed by atoms with van der Waals surface area (Å²) in [6, 6.07) is 5.32. The van der Waals surface area contributed by atoms with Crippen LogP contribution < -0.4 is 0 Å². The van der Waals surface area contributed by atoms with Crippen LogP contribution in [-0.4, -0.2) is 46.1 Å². The van der Waals surface area contributed by atoms with Gasteiger partial charge in [0, 0.05) is 24.2 Å². The number of piperidine rings is 1. The average Bonchev–Trinajstić information content (AvgIpc) is 2.83. The van der Waals surface area contributed by atoms with E-state index >= 15 is 0 Å². The average molecular weight is 342 g/mol. The fourth-order valence-electron chi connectivity index (χ4n) is 3.91. The molecule has 3 rings (SSSR count). The van der Waals surface area contributed by atoms with Crippen molar-refractivity contribution in [2.75, 3.05) is 6.54 Å². The van der Waals surface area contributed by atoms with Crippen LogP contribution in [0.15, 0.2) is 18.2 Å². The molecule has 134 valence electrons. The maximum atomic E-state index is 13.0. The lowest BCUT2D eigenvalue weighted by molar-refractivity contribution is 0.0510. The Kier molecular flexibility index (Phi) is 4.93. The van der Waals surface area contributed by atoms with E-state index in [-0.39, 0.29) is 29.8 Å². The molecule has 2 unspecified atom stereocenters. The van der Waals surface area contributed by atoms with Gasteiger partial charge in [-0.1, -0.05) is 13.3 Å². The summed E-state index contributed by atoms with van der Waals surface area (Å²) < 4.78 is 0. The molecule has 2 atom stereocenters. The molecule has 0 saturated carbocycles. The summed E-state index contributed by atoms with van der Waals surface area (Å²) in [5.41, 5.74) is 1.28. The number of hydrogen-bond donors (Lipinski definition) is 0. The highest BCUT2D eigenvalue weighted by molar-refractivity contribution is 6.22. The van der Waals surface area contributed by atoms with E-state index in [1.165, 1.54) is 4.90 Å². The minimum absolute atomic E-state index is 0.0465. The zero-order chi connectivity index (χ0) is 18.1. The molecule has 2 heterocycles. The molecule has 1 saturated heterocycles. The van der Waals surface area contributed by atoms with Crippen molar-refractivity contribution in [2.45, 2.75) is 65.0 Å². The Morgan fingerprint density at radius 1 is 1.08 bits per heavy atom. The van der Waals surface area contributed by atoms with E-state index in [2.05, 4.69) is 13.8 Å². The van der Waals surface area contributed by atoms with Crippen LogP contribution in [0.1, 0.15) is 83.9 Å². The highest BCUT2D eigenvalue weighted by Gasteiger charge is 2.36. The van der Waals surface area contributed by atoms with Crippen LogP contribution in [0.5, 0.6) is 0 Å². The number of benzene rings is 1. The molecule has 0 aromatic heterocycles. The normalized spacial score (nSPS) is 23.2. The van der Waals surface area contributed by atoms with Crippen LogP contribution in [-0.2, 0) is 0 Å². The highest BCUT2D eigenvalue weighted by Crippen LogP contribution is 2.28. The van der Waals surface area contributed by atoms with Crippen LogP contribution in [0, 0.1) is 0 Å². The minimum atomic E-state index is -0.275. The number of likely N-dealkylation sites (tertiary alicyclic amines) is 1. The lowest BCUT2D eigenvalue weighted by atomic mass is 9.95. The molecule has 1 aromatic rings. The molecular formula is C20H26N2O3. The van der Waals surface area contributed by atoms with Crippen LogP contribution in [0.25, 0.3) is 0 Å². The fourth-order valence-corrected chi connectivity index (χ4v) is 3.91. The summed E-state index contributed by atoms with van der Waals surface area (Å²) in [5, 5.41) is 0. The number of carbonyl (C=O) groups excluding carboxylic acids is 3. The first-order valence-electron chi connectivity index (χ1n) is 9.28. The third-order valence-electron chi connectivity index (χ3n) is 5.38. The Balaban J connectivity index is 1.88. The van der Waals surface area contributed by atoms with Gasteiger partial charge in [0.1, 0.15) is 0 Å². The quantitative estimate of drug-likeness (QED) is 0.787. The lowest BCUT2D eigenvalue weighted by Gasteiger charge is -2.39. The van der Waals surface area contributed by atoms with Gasteiger partial charge in [0.2, 0.25) is 0 Å². The zero-order valence-electron chi connectivity index (χ0n) is 15.2. The van der Waals surface area contributed by atoms with E-state index < -0.39 is 0 Å². The molecule has 0 N–H and O–H groups in total. The fraction of sp³-hybridized carbons (Fsp3) is 0.550. The topological polar surface area (TPSA) is 57.7 Å². The van der Waals surface area contributed by atoms with Crippen molar-refractivity contribution in [3.63, 3.8) is 0 Å². The molecule has 0 spiro atoms. The first-order chi connectivity index (χ1) is 12.0. The van der Waals surface area contributed by atoms with Crippen molar-refractivity contribution in [3.8, 4) is 0 Å². The minimum Gasteiger partial charge on any atom is -0.333 e. The molecule has 0 bridgehead atoms. The van der Waals surface area contributed by atoms with Crippen molar-refractivity contribution < 1.29 is 14.4 Å². The number of nitrogens with zero attached hydrogens (tertiary/aromatic N) is 2. The second-order valence-corrected chi connectivity index (χ2v) is 7.22. The smallest absolute Gasteiger partial charge is 0.261 e. The van der Waals surface area contributed by atoms with Crippen LogP contribution in [0.2, 0.25) is 0 Å². The first-order valence-corrected chi connectivity index (χ1v) is 9.28. The summed E-state index contributed by atoms with van der Waals surface area (Å²) in [7, 11) is 0. The summed E-state index contributed by atoms with van der Waals surface area (Å²) >= 11 is 0. The predicted octanol–water partition coefficient (Wildman–Crippen LogP) is 3.49. The predicted molar refractivity (Wildman–Crippen MR) is 95.7 cm³/mol. The van der Waals surface area contributed by atoms with Gasteiger partial charge in [-0.05, 0) is 57.7 Å². The standard InChI is InChI=1S/C20H26N2O3/c1-4-5-11-21-19(24)16-10-9-15(12-17(16)20(21)25)18(23)22-13(2)7-6-8-14(22)3/h9-10,12-14H,4-8,11H2,1-3H3. The van der Waals surface area contributed by atoms with Gasteiger partial charge in [-0.2, -0.15) is 0 Å². The zero-order valence-corrected chi connectivity index (χ0v) is 15.2. The Morgan fingerprint density at radius 2 is 1.72 bits per heavy atom. The Hall–Kier alpha value is -2.17. The Morgan fingerprint density at radius 3 is 2.36 bits per heavy atom. The van der Waals surface area contributed by atoms with E-state index in [1.54, 1.807) is 18.2 Å². The third kappa shape index (κ3) is 3.08. The van der Waals surface area contributed by atoms with Gasteiger partial charge in [0.15, 0.2) is 0 Å². The molecule has 3 amide bonds. The molecule has 5 nitrogen and oxygen atoms in total. The number of hydrogen-bond acceptors (Lipinski definition) is 3. The van der Waals surface area contributed by atoms with Gasteiger partial charge >= 0.3 is 0 Å².